The average molecular weight is 366 g/mol. The summed E-state index contributed by atoms with van der Waals surface area (Å²) in [5.41, 5.74) is 6.02. The molecular weight excluding hydrogens is 343 g/mol. The van der Waals surface area contributed by atoms with Gasteiger partial charge in [0.2, 0.25) is 0 Å². The highest BCUT2D eigenvalue weighted by molar-refractivity contribution is 9.10. The predicted molar refractivity (Wildman–Crippen MR) is 84.0 cm³/mol. The van der Waals surface area contributed by atoms with Crippen LogP contribution in [-0.2, 0) is 6.18 Å². The van der Waals surface area contributed by atoms with Gasteiger partial charge in [0.25, 0.3) is 0 Å². The Morgan fingerprint density at radius 2 is 1.90 bits per heavy atom. The summed E-state index contributed by atoms with van der Waals surface area (Å²) in [6.45, 7) is 4.24. The molecule has 0 radical (unpaired) electrons. The van der Waals surface area contributed by atoms with Crippen molar-refractivity contribution in [2.75, 3.05) is 0 Å². The van der Waals surface area contributed by atoms with Crippen molar-refractivity contribution < 1.29 is 13.2 Å². The van der Waals surface area contributed by atoms with E-state index in [1.807, 2.05) is 0 Å². The lowest BCUT2D eigenvalue weighted by Crippen LogP contribution is -2.17. The molecule has 1 aromatic rings. The van der Waals surface area contributed by atoms with E-state index in [0.717, 1.165) is 32.1 Å². The molecule has 2 unspecified atom stereocenters. The summed E-state index contributed by atoms with van der Waals surface area (Å²) in [7, 11) is 0. The van der Waals surface area contributed by atoms with Gasteiger partial charge in [0.05, 0.1) is 5.56 Å². The number of alkyl halides is 3. The zero-order chi connectivity index (χ0) is 16.0. The Labute approximate surface area is 133 Å². The SMILES string of the molecule is CCCCC(CC)CC(N)c1ccc(Br)c(C(F)(F)F)c1. The van der Waals surface area contributed by atoms with Gasteiger partial charge in [-0.2, -0.15) is 13.2 Å². The molecule has 0 aliphatic heterocycles. The number of hydrogen-bond acceptors (Lipinski definition) is 1. The van der Waals surface area contributed by atoms with Crippen molar-refractivity contribution in [1.29, 1.82) is 0 Å². The fourth-order valence-corrected chi connectivity index (χ4v) is 2.94. The Hall–Kier alpha value is -0.550. The third-order valence-corrected chi connectivity index (χ3v) is 4.55. The van der Waals surface area contributed by atoms with E-state index in [4.69, 9.17) is 5.73 Å². The highest BCUT2D eigenvalue weighted by atomic mass is 79.9. The first-order chi connectivity index (χ1) is 9.79. The molecule has 1 nitrogen and oxygen atoms in total. The van der Waals surface area contributed by atoms with Crippen LogP contribution in [0.25, 0.3) is 0 Å². The van der Waals surface area contributed by atoms with E-state index in [1.165, 1.54) is 12.1 Å². The number of rotatable bonds is 7. The third kappa shape index (κ3) is 5.62. The molecule has 2 atom stereocenters. The molecule has 0 saturated heterocycles. The lowest BCUT2D eigenvalue weighted by atomic mass is 9.89. The van der Waals surface area contributed by atoms with Gasteiger partial charge in [-0.3, -0.25) is 0 Å². The number of nitrogens with two attached hydrogens (primary N) is 1. The van der Waals surface area contributed by atoms with Crippen molar-refractivity contribution in [2.45, 2.75) is 58.2 Å². The second-order valence-electron chi connectivity index (χ2n) is 5.50. The Kier molecular flexibility index (Phi) is 7.21. The second kappa shape index (κ2) is 8.18. The largest absolute Gasteiger partial charge is 0.417 e. The van der Waals surface area contributed by atoms with Gasteiger partial charge in [-0.05, 0) is 30.0 Å². The van der Waals surface area contributed by atoms with Gasteiger partial charge in [0.1, 0.15) is 0 Å². The van der Waals surface area contributed by atoms with Crippen LogP contribution in [0.3, 0.4) is 0 Å². The summed E-state index contributed by atoms with van der Waals surface area (Å²) in [5.74, 6) is 0.470. The third-order valence-electron chi connectivity index (χ3n) is 3.85. The topological polar surface area (TPSA) is 26.0 Å². The zero-order valence-corrected chi connectivity index (χ0v) is 14.1. The molecule has 1 aromatic carbocycles. The van der Waals surface area contributed by atoms with Gasteiger partial charge in [0.15, 0.2) is 0 Å². The fourth-order valence-electron chi connectivity index (χ4n) is 2.47. The van der Waals surface area contributed by atoms with E-state index in [0.29, 0.717) is 11.5 Å². The minimum Gasteiger partial charge on any atom is -0.324 e. The van der Waals surface area contributed by atoms with Crippen LogP contribution in [0.4, 0.5) is 13.2 Å². The molecule has 0 aromatic heterocycles. The Bertz CT molecular complexity index is 446. The van der Waals surface area contributed by atoms with Gasteiger partial charge >= 0.3 is 6.18 Å². The molecule has 0 saturated carbocycles. The van der Waals surface area contributed by atoms with Crippen molar-refractivity contribution >= 4 is 15.9 Å². The molecule has 21 heavy (non-hydrogen) atoms. The van der Waals surface area contributed by atoms with E-state index in [-0.39, 0.29) is 10.5 Å². The first-order valence-electron chi connectivity index (χ1n) is 7.41. The number of benzene rings is 1. The van der Waals surface area contributed by atoms with Crippen molar-refractivity contribution in [3.8, 4) is 0 Å². The standard InChI is InChI=1S/C16H23BrF3N/c1-3-5-6-11(4-2)9-15(21)12-7-8-14(17)13(10-12)16(18,19)20/h7-8,10-11,15H,3-6,9,21H2,1-2H3. The molecule has 1 rings (SSSR count). The van der Waals surface area contributed by atoms with E-state index < -0.39 is 11.7 Å². The molecule has 120 valence electrons. The van der Waals surface area contributed by atoms with Gasteiger partial charge in [-0.15, -0.1) is 0 Å². The normalized spacial score (nSPS) is 15.0. The first kappa shape index (κ1) is 18.5. The average Bonchev–Trinajstić information content (AvgIpc) is 2.42. The van der Waals surface area contributed by atoms with Crippen molar-refractivity contribution in [3.05, 3.63) is 33.8 Å². The maximum absolute atomic E-state index is 12.9. The molecule has 0 bridgehead atoms. The minimum absolute atomic E-state index is 0.0592. The van der Waals surface area contributed by atoms with E-state index in [2.05, 4.69) is 29.8 Å². The predicted octanol–water partition coefficient (Wildman–Crippen LogP) is 6.07. The molecule has 0 heterocycles. The van der Waals surface area contributed by atoms with Crippen molar-refractivity contribution in [3.63, 3.8) is 0 Å². The minimum atomic E-state index is -4.36. The van der Waals surface area contributed by atoms with Crippen LogP contribution in [-0.4, -0.2) is 0 Å². The summed E-state index contributed by atoms with van der Waals surface area (Å²) in [4.78, 5) is 0. The summed E-state index contributed by atoms with van der Waals surface area (Å²) >= 11 is 2.95. The summed E-state index contributed by atoms with van der Waals surface area (Å²) in [6.07, 6.45) is 0.734. The quantitative estimate of drug-likeness (QED) is 0.622. The van der Waals surface area contributed by atoms with Crippen molar-refractivity contribution in [1.82, 2.24) is 0 Å². The summed E-state index contributed by atoms with van der Waals surface area (Å²) in [5, 5.41) is 0. The van der Waals surface area contributed by atoms with Gasteiger partial charge in [-0.25, -0.2) is 0 Å². The highest BCUT2D eigenvalue weighted by Gasteiger charge is 2.33. The second-order valence-corrected chi connectivity index (χ2v) is 6.35. The van der Waals surface area contributed by atoms with Crippen LogP contribution < -0.4 is 5.73 Å². The molecular formula is C16H23BrF3N. The van der Waals surface area contributed by atoms with Crippen LogP contribution >= 0.6 is 15.9 Å². The van der Waals surface area contributed by atoms with E-state index in [9.17, 15) is 13.2 Å². The maximum atomic E-state index is 12.9. The van der Waals surface area contributed by atoms with Crippen LogP contribution in [0.5, 0.6) is 0 Å². The van der Waals surface area contributed by atoms with Crippen LogP contribution in [0, 0.1) is 5.92 Å². The Balaban J connectivity index is 2.85. The molecule has 2 N–H and O–H groups in total. The van der Waals surface area contributed by atoms with E-state index in [1.54, 1.807) is 6.07 Å². The van der Waals surface area contributed by atoms with Crippen LogP contribution in [0.15, 0.2) is 22.7 Å². The highest BCUT2D eigenvalue weighted by Crippen LogP contribution is 2.37. The number of unbranched alkanes of at least 4 members (excludes halogenated alkanes) is 1. The number of halogens is 4. The van der Waals surface area contributed by atoms with Crippen LogP contribution in [0.2, 0.25) is 0 Å². The molecule has 0 aliphatic carbocycles. The summed E-state index contributed by atoms with van der Waals surface area (Å²) in [6, 6.07) is 3.93. The fraction of sp³-hybridized carbons (Fsp3) is 0.625. The lowest BCUT2D eigenvalue weighted by Gasteiger charge is -2.21. The molecule has 0 fully saturated rings. The van der Waals surface area contributed by atoms with Gasteiger partial charge < -0.3 is 5.73 Å². The lowest BCUT2D eigenvalue weighted by molar-refractivity contribution is -0.138. The monoisotopic (exact) mass is 365 g/mol. The smallest absolute Gasteiger partial charge is 0.324 e. The number of hydrogen-bond donors (Lipinski definition) is 1. The zero-order valence-electron chi connectivity index (χ0n) is 12.5. The van der Waals surface area contributed by atoms with Crippen molar-refractivity contribution in [2.24, 2.45) is 11.7 Å². The summed E-state index contributed by atoms with van der Waals surface area (Å²) < 4.78 is 38.8. The molecule has 0 spiro atoms. The van der Waals surface area contributed by atoms with Crippen LogP contribution in [0.1, 0.15) is 63.1 Å². The van der Waals surface area contributed by atoms with Gasteiger partial charge in [-0.1, -0.05) is 61.5 Å². The molecule has 0 aliphatic rings. The Morgan fingerprint density at radius 1 is 1.24 bits per heavy atom. The Morgan fingerprint density at radius 3 is 2.43 bits per heavy atom. The molecule has 0 amide bonds. The van der Waals surface area contributed by atoms with E-state index >= 15 is 0 Å². The van der Waals surface area contributed by atoms with Gasteiger partial charge in [0, 0.05) is 10.5 Å². The maximum Gasteiger partial charge on any atom is 0.417 e. The first-order valence-corrected chi connectivity index (χ1v) is 8.21. The molecule has 5 heteroatoms.